The Bertz CT molecular complexity index is 1220. The summed E-state index contributed by atoms with van der Waals surface area (Å²) in [6.07, 6.45) is 3.20. The molecule has 6 nitrogen and oxygen atoms in total. The topological polar surface area (TPSA) is 81.4 Å². The van der Waals surface area contributed by atoms with E-state index < -0.39 is 10.0 Å². The highest BCUT2D eigenvalue weighted by Gasteiger charge is 2.14. The molecule has 2 heterocycles. The van der Waals surface area contributed by atoms with Crippen molar-refractivity contribution in [2.75, 3.05) is 0 Å². The third-order valence-corrected chi connectivity index (χ3v) is 5.84. The Kier molecular flexibility index (Phi) is 5.65. The van der Waals surface area contributed by atoms with Gasteiger partial charge in [0.25, 0.3) is 0 Å². The number of sulfonamides is 1. The van der Waals surface area contributed by atoms with Crippen molar-refractivity contribution < 1.29 is 17.6 Å². The van der Waals surface area contributed by atoms with Crippen LogP contribution in [0.25, 0.3) is 11.5 Å². The first kappa shape index (κ1) is 19.9. The summed E-state index contributed by atoms with van der Waals surface area (Å²) < 4.78 is 38.8. The Hall–Kier alpha value is -3.42. The van der Waals surface area contributed by atoms with Crippen LogP contribution in [-0.4, -0.2) is 13.4 Å². The lowest BCUT2D eigenvalue weighted by Crippen LogP contribution is -2.23. The molecule has 0 spiro atoms. The van der Waals surface area contributed by atoms with Gasteiger partial charge in [-0.25, -0.2) is 13.1 Å². The average molecular weight is 420 g/mol. The van der Waals surface area contributed by atoms with E-state index >= 15 is 0 Å². The average Bonchev–Trinajstić information content (AvgIpc) is 3.28. The Balaban J connectivity index is 1.39. The lowest BCUT2D eigenvalue weighted by molar-refractivity contribution is 0.481. The fraction of sp³-hybridized carbons (Fsp3) is 0.0870. The fourth-order valence-electron chi connectivity index (χ4n) is 2.86. The van der Waals surface area contributed by atoms with Crippen molar-refractivity contribution in [3.8, 4) is 23.0 Å². The lowest BCUT2D eigenvalue weighted by Gasteiger charge is -2.09. The minimum Gasteiger partial charge on any atom is -0.463 e. The van der Waals surface area contributed by atoms with E-state index in [2.05, 4.69) is 9.71 Å². The molecule has 30 heavy (non-hydrogen) atoms. The molecule has 0 amide bonds. The summed E-state index contributed by atoms with van der Waals surface area (Å²) >= 11 is 0. The van der Waals surface area contributed by atoms with Crippen LogP contribution in [0.15, 0.2) is 94.6 Å². The molecule has 0 radical (unpaired) electrons. The number of benzene rings is 2. The normalized spacial score (nSPS) is 11.4. The van der Waals surface area contributed by atoms with Crippen LogP contribution in [0.3, 0.4) is 0 Å². The number of furan rings is 1. The molecule has 0 saturated heterocycles. The number of ether oxygens (including phenoxy) is 1. The van der Waals surface area contributed by atoms with Crippen LogP contribution in [0.1, 0.15) is 11.1 Å². The Labute approximate surface area is 175 Å². The number of hydrogen-bond donors (Lipinski definition) is 1. The van der Waals surface area contributed by atoms with Gasteiger partial charge in [0.1, 0.15) is 17.2 Å². The van der Waals surface area contributed by atoms with Crippen molar-refractivity contribution in [1.82, 2.24) is 9.71 Å². The Morgan fingerprint density at radius 2 is 1.80 bits per heavy atom. The van der Waals surface area contributed by atoms with Gasteiger partial charge < -0.3 is 9.15 Å². The van der Waals surface area contributed by atoms with Gasteiger partial charge in [0.15, 0.2) is 5.76 Å². The Morgan fingerprint density at radius 1 is 0.967 bits per heavy atom. The maximum absolute atomic E-state index is 12.6. The predicted molar refractivity (Wildman–Crippen MR) is 114 cm³/mol. The zero-order chi connectivity index (χ0) is 21.0. The zero-order valence-corrected chi connectivity index (χ0v) is 17.1. The second kappa shape index (κ2) is 8.52. The molecule has 152 valence electrons. The molecule has 0 aliphatic carbocycles. The molecule has 0 saturated carbocycles. The number of aryl methyl sites for hydroxylation is 1. The van der Waals surface area contributed by atoms with Crippen LogP contribution < -0.4 is 9.46 Å². The number of pyridine rings is 1. The molecule has 2 aromatic carbocycles. The molecule has 0 aliphatic heterocycles. The van der Waals surface area contributed by atoms with E-state index in [-0.39, 0.29) is 11.4 Å². The van der Waals surface area contributed by atoms with Crippen molar-refractivity contribution in [1.29, 1.82) is 0 Å². The Morgan fingerprint density at radius 3 is 2.47 bits per heavy atom. The van der Waals surface area contributed by atoms with Gasteiger partial charge in [-0.2, -0.15) is 0 Å². The first-order chi connectivity index (χ1) is 14.5. The van der Waals surface area contributed by atoms with Crippen molar-refractivity contribution in [2.45, 2.75) is 18.4 Å². The standard InChI is InChI=1S/C23H20N2O4S/c1-17-4-2-5-20(14-17)29-19-8-10-21(11-9-19)30(26,27)25-16-18-7-12-22(24-15-18)23-6-3-13-28-23/h2-15,25H,16H2,1H3. The van der Waals surface area contributed by atoms with Gasteiger partial charge in [0, 0.05) is 12.7 Å². The van der Waals surface area contributed by atoms with Crippen LogP contribution in [0.2, 0.25) is 0 Å². The molecule has 0 fully saturated rings. The molecule has 2 aromatic heterocycles. The highest BCUT2D eigenvalue weighted by atomic mass is 32.2. The summed E-state index contributed by atoms with van der Waals surface area (Å²) in [6.45, 7) is 2.11. The molecular weight excluding hydrogens is 400 g/mol. The molecule has 0 atom stereocenters. The van der Waals surface area contributed by atoms with Gasteiger partial charge in [-0.15, -0.1) is 0 Å². The second-order valence-electron chi connectivity index (χ2n) is 6.74. The van der Waals surface area contributed by atoms with Gasteiger partial charge >= 0.3 is 0 Å². The van der Waals surface area contributed by atoms with Gasteiger partial charge in [-0.3, -0.25) is 4.98 Å². The van der Waals surface area contributed by atoms with Crippen molar-refractivity contribution in [2.24, 2.45) is 0 Å². The number of hydrogen-bond acceptors (Lipinski definition) is 5. The molecule has 0 aliphatic rings. The number of aromatic nitrogens is 1. The molecule has 0 bridgehead atoms. The minimum absolute atomic E-state index is 0.134. The quantitative estimate of drug-likeness (QED) is 0.459. The number of rotatable bonds is 7. The summed E-state index contributed by atoms with van der Waals surface area (Å²) in [6, 6.07) is 21.2. The first-order valence-electron chi connectivity index (χ1n) is 9.33. The summed E-state index contributed by atoms with van der Waals surface area (Å²) in [5, 5.41) is 0. The summed E-state index contributed by atoms with van der Waals surface area (Å²) in [5.74, 6) is 1.93. The summed E-state index contributed by atoms with van der Waals surface area (Å²) in [4.78, 5) is 4.47. The molecular formula is C23H20N2O4S. The van der Waals surface area contributed by atoms with Crippen LogP contribution >= 0.6 is 0 Å². The van der Waals surface area contributed by atoms with Crippen molar-refractivity contribution in [3.05, 3.63) is 96.4 Å². The van der Waals surface area contributed by atoms with E-state index in [9.17, 15) is 8.42 Å². The number of nitrogens with one attached hydrogen (secondary N) is 1. The largest absolute Gasteiger partial charge is 0.463 e. The first-order valence-corrected chi connectivity index (χ1v) is 10.8. The molecule has 0 unspecified atom stereocenters. The molecule has 1 N–H and O–H groups in total. The highest BCUT2D eigenvalue weighted by Crippen LogP contribution is 2.24. The third kappa shape index (κ3) is 4.76. The minimum atomic E-state index is -3.66. The van der Waals surface area contributed by atoms with Crippen LogP contribution in [0.5, 0.6) is 11.5 Å². The van der Waals surface area contributed by atoms with Crippen LogP contribution in [0.4, 0.5) is 0 Å². The van der Waals surface area contributed by atoms with E-state index in [1.165, 1.54) is 12.1 Å². The molecule has 4 aromatic rings. The SMILES string of the molecule is Cc1cccc(Oc2ccc(S(=O)(=O)NCc3ccc(-c4ccco4)nc3)cc2)c1. The second-order valence-corrected chi connectivity index (χ2v) is 8.51. The fourth-order valence-corrected chi connectivity index (χ4v) is 3.88. The van der Waals surface area contributed by atoms with E-state index in [0.29, 0.717) is 23.0 Å². The summed E-state index contributed by atoms with van der Waals surface area (Å²) in [7, 11) is -3.66. The van der Waals surface area contributed by atoms with Crippen LogP contribution in [-0.2, 0) is 16.6 Å². The highest BCUT2D eigenvalue weighted by molar-refractivity contribution is 7.89. The van der Waals surface area contributed by atoms with Crippen molar-refractivity contribution >= 4 is 10.0 Å². The monoisotopic (exact) mass is 420 g/mol. The van der Waals surface area contributed by atoms with Gasteiger partial charge in [0.05, 0.1) is 11.2 Å². The van der Waals surface area contributed by atoms with Crippen LogP contribution in [0, 0.1) is 6.92 Å². The summed E-state index contributed by atoms with van der Waals surface area (Å²) in [5.41, 5.74) is 2.52. The van der Waals surface area contributed by atoms with Crippen molar-refractivity contribution in [3.63, 3.8) is 0 Å². The van der Waals surface area contributed by atoms with E-state index in [4.69, 9.17) is 9.15 Å². The van der Waals surface area contributed by atoms with E-state index in [1.54, 1.807) is 36.7 Å². The van der Waals surface area contributed by atoms with Gasteiger partial charge in [-0.05, 0) is 72.6 Å². The zero-order valence-electron chi connectivity index (χ0n) is 16.3. The lowest BCUT2D eigenvalue weighted by atomic mass is 10.2. The number of nitrogens with zero attached hydrogens (tertiary/aromatic N) is 1. The third-order valence-electron chi connectivity index (χ3n) is 4.42. The predicted octanol–water partition coefficient (Wildman–Crippen LogP) is 4.92. The maximum atomic E-state index is 12.6. The van der Waals surface area contributed by atoms with Gasteiger partial charge in [0.2, 0.25) is 10.0 Å². The maximum Gasteiger partial charge on any atom is 0.240 e. The molecule has 4 rings (SSSR count). The van der Waals surface area contributed by atoms with Gasteiger partial charge in [-0.1, -0.05) is 18.2 Å². The van der Waals surface area contributed by atoms with E-state index in [0.717, 1.165) is 11.1 Å². The smallest absolute Gasteiger partial charge is 0.240 e. The van der Waals surface area contributed by atoms with E-state index in [1.807, 2.05) is 43.3 Å². The molecule has 7 heteroatoms.